The highest BCUT2D eigenvalue weighted by atomic mass is 79.9. The van der Waals surface area contributed by atoms with Crippen molar-refractivity contribution in [3.8, 4) is 0 Å². The van der Waals surface area contributed by atoms with Gasteiger partial charge in [0.25, 0.3) is 0 Å². The second-order valence-corrected chi connectivity index (χ2v) is 13.4. The van der Waals surface area contributed by atoms with E-state index in [-0.39, 0.29) is 11.2 Å². The maximum absolute atomic E-state index is 13.2. The van der Waals surface area contributed by atoms with Gasteiger partial charge in [0.1, 0.15) is 0 Å². The van der Waals surface area contributed by atoms with Gasteiger partial charge in [0, 0.05) is 31.2 Å². The summed E-state index contributed by atoms with van der Waals surface area (Å²) in [5.74, 6) is 0.0487. The number of benzene rings is 4. The van der Waals surface area contributed by atoms with Crippen molar-refractivity contribution in [1.29, 1.82) is 0 Å². The predicted molar refractivity (Wildman–Crippen MR) is 185 cm³/mol. The van der Waals surface area contributed by atoms with Crippen LogP contribution in [0.4, 0.5) is 17.1 Å². The van der Waals surface area contributed by atoms with Crippen molar-refractivity contribution in [2.45, 2.75) is 83.5 Å². The Labute approximate surface area is 268 Å². The quantitative estimate of drug-likeness (QED) is 0.103. The topological polar surface area (TPSA) is 20.3 Å². The third-order valence-corrected chi connectivity index (χ3v) is 9.75. The van der Waals surface area contributed by atoms with Crippen LogP contribution in [-0.2, 0) is 5.41 Å². The number of hydrogen-bond acceptors (Lipinski definition) is 2. The summed E-state index contributed by atoms with van der Waals surface area (Å²) in [7, 11) is 0. The molecule has 218 valence electrons. The monoisotopic (exact) mass is 685 g/mol. The smallest absolute Gasteiger partial charge is 0.193 e. The highest BCUT2D eigenvalue weighted by Gasteiger charge is 2.43. The maximum atomic E-state index is 13.2. The molecule has 0 N–H and O–H groups in total. The molecule has 0 bridgehead atoms. The van der Waals surface area contributed by atoms with Gasteiger partial charge in [-0.1, -0.05) is 127 Å². The van der Waals surface area contributed by atoms with Crippen LogP contribution in [-0.4, -0.2) is 5.78 Å². The number of anilines is 3. The molecule has 0 unspecified atom stereocenters. The lowest BCUT2D eigenvalue weighted by Crippen LogP contribution is -2.36. The van der Waals surface area contributed by atoms with Crippen molar-refractivity contribution in [2.75, 3.05) is 4.90 Å². The van der Waals surface area contributed by atoms with Crippen LogP contribution in [0.3, 0.4) is 0 Å². The van der Waals surface area contributed by atoms with Crippen LogP contribution in [0.1, 0.15) is 105 Å². The van der Waals surface area contributed by atoms with E-state index in [2.05, 4.69) is 99.1 Å². The molecule has 0 spiro atoms. The number of unbranched alkanes of at least 4 members (excludes halogenated alkanes) is 6. The standard InChI is InChI=1S/C38H41Br2NO/c1-3-5-7-12-24-38(25-13-8-6-4-2)33-26-30(39)18-22-35(33)41(36-23-19-31(40)27-34(36)38)32-20-16-29(17-21-32)37(42)28-14-10-9-11-15-28/h9-11,14-23,26-27H,3-8,12-13,24-25H2,1-2H3. The Morgan fingerprint density at radius 1 is 0.619 bits per heavy atom. The zero-order valence-corrected chi connectivity index (χ0v) is 28.0. The van der Waals surface area contributed by atoms with E-state index in [1.165, 1.54) is 73.9 Å². The van der Waals surface area contributed by atoms with Crippen molar-refractivity contribution >= 4 is 54.7 Å². The molecule has 0 amide bonds. The van der Waals surface area contributed by atoms with Crippen LogP contribution < -0.4 is 4.90 Å². The molecule has 0 aliphatic carbocycles. The minimum atomic E-state index is -0.0561. The molecule has 4 heteroatoms. The second kappa shape index (κ2) is 14.2. The van der Waals surface area contributed by atoms with Crippen LogP contribution >= 0.6 is 31.9 Å². The summed E-state index contributed by atoms with van der Waals surface area (Å²) >= 11 is 7.68. The van der Waals surface area contributed by atoms with Crippen LogP contribution in [0.5, 0.6) is 0 Å². The molecule has 42 heavy (non-hydrogen) atoms. The number of fused-ring (bicyclic) bond motifs is 2. The van der Waals surface area contributed by atoms with Gasteiger partial charge in [0.05, 0.1) is 11.4 Å². The van der Waals surface area contributed by atoms with Gasteiger partial charge in [-0.15, -0.1) is 0 Å². The SMILES string of the molecule is CCCCCCC1(CCCCCC)c2cc(Br)ccc2N(c2ccc(C(=O)c3ccccc3)cc2)c2ccc(Br)cc21. The number of hydrogen-bond donors (Lipinski definition) is 0. The molecular formula is C38H41Br2NO. The van der Waals surface area contributed by atoms with E-state index in [1.54, 1.807) is 0 Å². The lowest BCUT2D eigenvalue weighted by Gasteiger charge is -2.46. The Bertz CT molecular complexity index is 1430. The fourth-order valence-corrected chi connectivity index (χ4v) is 7.34. The van der Waals surface area contributed by atoms with Crippen molar-refractivity contribution < 1.29 is 4.79 Å². The predicted octanol–water partition coefficient (Wildman–Crippen LogP) is 12.5. The molecule has 4 aromatic carbocycles. The molecule has 0 saturated heterocycles. The van der Waals surface area contributed by atoms with Gasteiger partial charge in [-0.2, -0.15) is 0 Å². The van der Waals surface area contributed by atoms with E-state index in [1.807, 2.05) is 42.5 Å². The third kappa shape index (κ3) is 6.45. The molecule has 1 aliphatic rings. The zero-order chi connectivity index (χ0) is 29.5. The molecule has 0 fully saturated rings. The molecule has 1 heterocycles. The molecule has 0 aromatic heterocycles. The second-order valence-electron chi connectivity index (χ2n) is 11.6. The number of carbonyl (C=O) groups is 1. The molecule has 5 rings (SSSR count). The lowest BCUT2D eigenvalue weighted by atomic mass is 9.65. The molecule has 1 aliphatic heterocycles. The summed E-state index contributed by atoms with van der Waals surface area (Å²) < 4.78 is 2.24. The number of ketones is 1. The summed E-state index contributed by atoms with van der Waals surface area (Å²) in [6.07, 6.45) is 12.3. The minimum Gasteiger partial charge on any atom is -0.310 e. The van der Waals surface area contributed by atoms with Gasteiger partial charge in [-0.05, 0) is 84.6 Å². The third-order valence-electron chi connectivity index (χ3n) is 8.77. The van der Waals surface area contributed by atoms with E-state index < -0.39 is 0 Å². The Morgan fingerprint density at radius 2 is 1.12 bits per heavy atom. The molecule has 2 nitrogen and oxygen atoms in total. The van der Waals surface area contributed by atoms with Gasteiger partial charge < -0.3 is 4.90 Å². The first kappa shape index (κ1) is 30.8. The van der Waals surface area contributed by atoms with Crippen LogP contribution in [0.25, 0.3) is 0 Å². The van der Waals surface area contributed by atoms with Crippen molar-refractivity contribution in [1.82, 2.24) is 0 Å². The first-order valence-corrected chi connectivity index (χ1v) is 17.2. The average molecular weight is 688 g/mol. The molecular weight excluding hydrogens is 646 g/mol. The number of carbonyl (C=O) groups excluding carboxylic acids is 1. The largest absolute Gasteiger partial charge is 0.310 e. The minimum absolute atomic E-state index is 0.0487. The Balaban J connectivity index is 1.62. The Hall–Kier alpha value is -2.69. The highest BCUT2D eigenvalue weighted by Crippen LogP contribution is 2.57. The van der Waals surface area contributed by atoms with Crippen LogP contribution in [0, 0.1) is 0 Å². The first-order valence-electron chi connectivity index (χ1n) is 15.6. The van der Waals surface area contributed by atoms with E-state index >= 15 is 0 Å². The number of rotatable bonds is 13. The van der Waals surface area contributed by atoms with E-state index in [0.717, 1.165) is 27.5 Å². The zero-order valence-electron chi connectivity index (χ0n) is 24.8. The first-order chi connectivity index (χ1) is 20.5. The summed E-state index contributed by atoms with van der Waals surface area (Å²) in [4.78, 5) is 15.6. The average Bonchev–Trinajstić information content (AvgIpc) is 3.02. The molecule has 0 atom stereocenters. The fraction of sp³-hybridized carbons (Fsp3) is 0.342. The number of halogens is 2. The van der Waals surface area contributed by atoms with Crippen molar-refractivity contribution in [3.63, 3.8) is 0 Å². The van der Waals surface area contributed by atoms with Gasteiger partial charge in [-0.3, -0.25) is 4.79 Å². The van der Waals surface area contributed by atoms with E-state index in [4.69, 9.17) is 0 Å². The van der Waals surface area contributed by atoms with Crippen molar-refractivity contribution in [3.05, 3.63) is 122 Å². The van der Waals surface area contributed by atoms with Crippen LogP contribution in [0.15, 0.2) is 99.9 Å². The normalized spacial score (nSPS) is 13.5. The summed E-state index contributed by atoms with van der Waals surface area (Å²) in [6.45, 7) is 4.58. The lowest BCUT2D eigenvalue weighted by molar-refractivity contribution is 0.103. The summed E-state index contributed by atoms with van der Waals surface area (Å²) in [6, 6.07) is 31.3. The van der Waals surface area contributed by atoms with Gasteiger partial charge in [0.15, 0.2) is 5.78 Å². The summed E-state index contributed by atoms with van der Waals surface area (Å²) in [5.41, 5.74) is 7.71. The number of nitrogens with zero attached hydrogens (tertiary/aromatic N) is 1. The highest BCUT2D eigenvalue weighted by molar-refractivity contribution is 9.10. The molecule has 4 aromatic rings. The molecule has 0 saturated carbocycles. The Morgan fingerprint density at radius 3 is 1.62 bits per heavy atom. The van der Waals surface area contributed by atoms with Gasteiger partial charge >= 0.3 is 0 Å². The van der Waals surface area contributed by atoms with Crippen molar-refractivity contribution in [2.24, 2.45) is 0 Å². The van der Waals surface area contributed by atoms with Gasteiger partial charge in [0.2, 0.25) is 0 Å². The van der Waals surface area contributed by atoms with E-state index in [9.17, 15) is 4.79 Å². The Kier molecular flexibility index (Phi) is 10.4. The maximum Gasteiger partial charge on any atom is 0.193 e. The molecule has 0 radical (unpaired) electrons. The van der Waals surface area contributed by atoms with E-state index in [0.29, 0.717) is 11.1 Å². The summed E-state index contributed by atoms with van der Waals surface area (Å²) in [5, 5.41) is 0. The fourth-order valence-electron chi connectivity index (χ4n) is 6.61. The van der Waals surface area contributed by atoms with Crippen LogP contribution in [0.2, 0.25) is 0 Å². The van der Waals surface area contributed by atoms with Gasteiger partial charge in [-0.25, -0.2) is 0 Å².